The summed E-state index contributed by atoms with van der Waals surface area (Å²) in [5.74, 6) is 0. The van der Waals surface area contributed by atoms with Crippen molar-refractivity contribution in [3.05, 3.63) is 55.7 Å². The van der Waals surface area contributed by atoms with E-state index >= 15 is 0 Å². The van der Waals surface area contributed by atoms with Crippen molar-refractivity contribution in [1.82, 2.24) is 4.98 Å². The molecule has 2 nitrogen and oxygen atoms in total. The molecular weight excluding hydrogens is 379 g/mol. The highest BCUT2D eigenvalue weighted by molar-refractivity contribution is 9.10. The first-order valence-electron chi connectivity index (χ1n) is 5.36. The molecule has 0 aliphatic carbocycles. The van der Waals surface area contributed by atoms with E-state index in [1.807, 2.05) is 6.07 Å². The first kappa shape index (κ1) is 13.8. The SMILES string of the molecule is Cc1ccc(CNc2cc(Br)cnc2Cl)cc1Br. The Bertz CT molecular complexity index is 573. The van der Waals surface area contributed by atoms with Gasteiger partial charge in [0.05, 0.1) is 5.69 Å². The highest BCUT2D eigenvalue weighted by Crippen LogP contribution is 2.24. The van der Waals surface area contributed by atoms with Crippen LogP contribution in [0.3, 0.4) is 0 Å². The summed E-state index contributed by atoms with van der Waals surface area (Å²) in [6, 6.07) is 8.19. The molecule has 0 unspecified atom stereocenters. The third-order valence-electron chi connectivity index (χ3n) is 2.52. The monoisotopic (exact) mass is 388 g/mol. The average Bonchev–Trinajstić information content (AvgIpc) is 2.34. The Morgan fingerprint density at radius 3 is 2.78 bits per heavy atom. The van der Waals surface area contributed by atoms with Crippen molar-refractivity contribution in [3.63, 3.8) is 0 Å². The third-order valence-corrected chi connectivity index (χ3v) is 4.11. The largest absolute Gasteiger partial charge is 0.378 e. The Kier molecular flexibility index (Phi) is 4.65. The summed E-state index contributed by atoms with van der Waals surface area (Å²) in [6.45, 7) is 2.77. The zero-order valence-corrected chi connectivity index (χ0v) is 13.6. The highest BCUT2D eigenvalue weighted by Gasteiger charge is 2.03. The first-order valence-corrected chi connectivity index (χ1v) is 7.32. The zero-order valence-electron chi connectivity index (χ0n) is 9.67. The Morgan fingerprint density at radius 1 is 1.28 bits per heavy atom. The fraction of sp³-hybridized carbons (Fsp3) is 0.154. The number of aromatic nitrogens is 1. The molecule has 1 aromatic heterocycles. The van der Waals surface area contributed by atoms with E-state index < -0.39 is 0 Å². The van der Waals surface area contributed by atoms with Crippen molar-refractivity contribution >= 4 is 49.1 Å². The van der Waals surface area contributed by atoms with Crippen LogP contribution in [0.2, 0.25) is 5.15 Å². The maximum atomic E-state index is 6.02. The van der Waals surface area contributed by atoms with Crippen molar-refractivity contribution in [2.24, 2.45) is 0 Å². The Labute approximate surface area is 128 Å². The molecule has 0 saturated heterocycles. The van der Waals surface area contributed by atoms with E-state index in [0.29, 0.717) is 11.7 Å². The van der Waals surface area contributed by atoms with Crippen LogP contribution in [-0.4, -0.2) is 4.98 Å². The van der Waals surface area contributed by atoms with Crippen LogP contribution in [0.15, 0.2) is 39.4 Å². The zero-order chi connectivity index (χ0) is 13.1. The number of hydrogen-bond donors (Lipinski definition) is 1. The molecule has 0 aliphatic rings. The molecule has 0 spiro atoms. The maximum absolute atomic E-state index is 6.02. The van der Waals surface area contributed by atoms with Crippen LogP contribution >= 0.6 is 43.5 Å². The summed E-state index contributed by atoms with van der Waals surface area (Å²) < 4.78 is 2.01. The topological polar surface area (TPSA) is 24.9 Å². The Hall–Kier alpha value is -0.580. The molecule has 1 aromatic carbocycles. The first-order chi connectivity index (χ1) is 8.56. The van der Waals surface area contributed by atoms with E-state index in [0.717, 1.165) is 14.6 Å². The molecule has 0 amide bonds. The molecule has 0 saturated carbocycles. The van der Waals surface area contributed by atoms with Gasteiger partial charge < -0.3 is 5.32 Å². The minimum Gasteiger partial charge on any atom is -0.378 e. The van der Waals surface area contributed by atoms with Gasteiger partial charge in [-0.15, -0.1) is 0 Å². The predicted octanol–water partition coefficient (Wildman–Crippen LogP) is 5.18. The summed E-state index contributed by atoms with van der Waals surface area (Å²) in [6.07, 6.45) is 1.68. The second-order valence-electron chi connectivity index (χ2n) is 3.93. The van der Waals surface area contributed by atoms with Crippen LogP contribution in [0.5, 0.6) is 0 Å². The predicted molar refractivity (Wildman–Crippen MR) is 83.2 cm³/mol. The molecule has 0 radical (unpaired) electrons. The number of anilines is 1. The molecule has 2 rings (SSSR count). The quantitative estimate of drug-likeness (QED) is 0.731. The Balaban J connectivity index is 2.11. The number of nitrogens with one attached hydrogen (secondary N) is 1. The van der Waals surface area contributed by atoms with Gasteiger partial charge in [-0.05, 0) is 46.1 Å². The lowest BCUT2D eigenvalue weighted by molar-refractivity contribution is 1.13. The molecule has 0 atom stereocenters. The van der Waals surface area contributed by atoms with Crippen LogP contribution in [-0.2, 0) is 6.54 Å². The van der Waals surface area contributed by atoms with E-state index in [-0.39, 0.29) is 0 Å². The lowest BCUT2D eigenvalue weighted by Crippen LogP contribution is -2.01. The van der Waals surface area contributed by atoms with Crippen molar-refractivity contribution in [2.75, 3.05) is 5.32 Å². The molecule has 18 heavy (non-hydrogen) atoms. The number of benzene rings is 1. The van der Waals surface area contributed by atoms with Gasteiger partial charge in [-0.1, -0.05) is 39.7 Å². The van der Waals surface area contributed by atoms with E-state index in [1.54, 1.807) is 6.20 Å². The van der Waals surface area contributed by atoms with Gasteiger partial charge >= 0.3 is 0 Å². The number of rotatable bonds is 3. The van der Waals surface area contributed by atoms with Gasteiger partial charge in [0, 0.05) is 21.7 Å². The molecule has 2 aromatic rings. The highest BCUT2D eigenvalue weighted by atomic mass is 79.9. The maximum Gasteiger partial charge on any atom is 0.152 e. The van der Waals surface area contributed by atoms with Gasteiger partial charge in [-0.2, -0.15) is 0 Å². The van der Waals surface area contributed by atoms with Crippen LogP contribution < -0.4 is 5.32 Å². The molecular formula is C13H11Br2ClN2. The summed E-state index contributed by atoms with van der Waals surface area (Å²) in [7, 11) is 0. The smallest absolute Gasteiger partial charge is 0.152 e. The minimum atomic E-state index is 0.476. The fourth-order valence-corrected chi connectivity index (χ4v) is 2.42. The number of pyridine rings is 1. The van der Waals surface area contributed by atoms with Crippen molar-refractivity contribution in [1.29, 1.82) is 0 Å². The molecule has 0 fully saturated rings. The summed E-state index contributed by atoms with van der Waals surface area (Å²) in [5, 5.41) is 3.75. The second kappa shape index (κ2) is 6.04. The van der Waals surface area contributed by atoms with Crippen LogP contribution in [0, 0.1) is 6.92 Å². The van der Waals surface area contributed by atoms with Gasteiger partial charge in [0.1, 0.15) is 0 Å². The molecule has 5 heteroatoms. The van der Waals surface area contributed by atoms with E-state index in [2.05, 4.69) is 67.3 Å². The van der Waals surface area contributed by atoms with Crippen LogP contribution in [0.25, 0.3) is 0 Å². The fourth-order valence-electron chi connectivity index (χ4n) is 1.49. The lowest BCUT2D eigenvalue weighted by atomic mass is 10.1. The van der Waals surface area contributed by atoms with Gasteiger partial charge in [0.25, 0.3) is 0 Å². The lowest BCUT2D eigenvalue weighted by Gasteiger charge is -2.09. The number of aryl methyl sites for hydroxylation is 1. The van der Waals surface area contributed by atoms with Crippen LogP contribution in [0.4, 0.5) is 5.69 Å². The Morgan fingerprint density at radius 2 is 2.06 bits per heavy atom. The molecule has 0 bridgehead atoms. The van der Waals surface area contributed by atoms with Crippen molar-refractivity contribution < 1.29 is 0 Å². The second-order valence-corrected chi connectivity index (χ2v) is 6.06. The summed E-state index contributed by atoms with van der Waals surface area (Å²) >= 11 is 12.9. The molecule has 1 heterocycles. The normalized spacial score (nSPS) is 10.4. The van der Waals surface area contributed by atoms with E-state index in [1.165, 1.54) is 11.1 Å². The van der Waals surface area contributed by atoms with Gasteiger partial charge in [-0.3, -0.25) is 0 Å². The van der Waals surface area contributed by atoms with Crippen molar-refractivity contribution in [2.45, 2.75) is 13.5 Å². The van der Waals surface area contributed by atoms with Gasteiger partial charge in [0.15, 0.2) is 5.15 Å². The number of halogens is 3. The number of nitrogens with zero attached hydrogens (tertiary/aromatic N) is 1. The molecule has 1 N–H and O–H groups in total. The van der Waals surface area contributed by atoms with Gasteiger partial charge in [-0.25, -0.2) is 4.98 Å². The summed E-state index contributed by atoms with van der Waals surface area (Å²) in [5.41, 5.74) is 3.23. The standard InChI is InChI=1S/C13H11Br2ClN2/c1-8-2-3-9(4-11(8)15)6-17-12-5-10(14)7-18-13(12)16/h2-5,7,17H,6H2,1H3. The summed E-state index contributed by atoms with van der Waals surface area (Å²) in [4.78, 5) is 4.07. The van der Waals surface area contributed by atoms with E-state index in [4.69, 9.17) is 11.6 Å². The van der Waals surface area contributed by atoms with Gasteiger partial charge in [0.2, 0.25) is 0 Å². The van der Waals surface area contributed by atoms with Crippen molar-refractivity contribution in [3.8, 4) is 0 Å². The van der Waals surface area contributed by atoms with E-state index in [9.17, 15) is 0 Å². The average molecular weight is 391 g/mol. The van der Waals surface area contributed by atoms with Crippen LogP contribution in [0.1, 0.15) is 11.1 Å². The number of hydrogen-bond acceptors (Lipinski definition) is 2. The molecule has 94 valence electrons. The minimum absolute atomic E-state index is 0.476. The third kappa shape index (κ3) is 3.46. The molecule has 0 aliphatic heterocycles.